The van der Waals surface area contributed by atoms with Crippen LogP contribution in [0.1, 0.15) is 25.0 Å². The third-order valence-electron chi connectivity index (χ3n) is 6.11. The van der Waals surface area contributed by atoms with Gasteiger partial charge in [-0.2, -0.15) is 12.7 Å². The molecule has 0 aliphatic rings. The standard InChI is InChI=1S/C29H34BrFN4O4S/c1-21(2)32-29(37)27(18-22-10-6-5-7-11-22)34(19-23-14-16-24(30)17-15-23)28(36)20-35(40(38,39)33(3)4)26-13-9-8-12-25(26)31/h5-17,21,27H,18-20H2,1-4H3,(H,32,37)/t27-/m1/s1. The first-order valence-corrected chi connectivity index (χ1v) is 14.9. The summed E-state index contributed by atoms with van der Waals surface area (Å²) in [6.45, 7) is 2.96. The molecule has 2 amide bonds. The Labute approximate surface area is 244 Å². The number of halogens is 2. The Hall–Kier alpha value is -3.28. The van der Waals surface area contributed by atoms with E-state index in [1.54, 1.807) is 0 Å². The van der Waals surface area contributed by atoms with Gasteiger partial charge in [-0.3, -0.25) is 9.59 Å². The number of hydrogen-bond acceptors (Lipinski definition) is 4. The lowest BCUT2D eigenvalue weighted by atomic mass is 10.0. The Morgan fingerprint density at radius 2 is 1.50 bits per heavy atom. The first kappa shape index (κ1) is 31.3. The lowest BCUT2D eigenvalue weighted by Gasteiger charge is -2.34. The van der Waals surface area contributed by atoms with E-state index in [-0.39, 0.29) is 30.6 Å². The zero-order valence-corrected chi connectivity index (χ0v) is 25.3. The van der Waals surface area contributed by atoms with Gasteiger partial charge in [0, 0.05) is 37.6 Å². The Morgan fingerprint density at radius 3 is 2.08 bits per heavy atom. The van der Waals surface area contributed by atoms with Crippen molar-refractivity contribution in [2.45, 2.75) is 38.9 Å². The Bertz CT molecular complexity index is 1400. The van der Waals surface area contributed by atoms with E-state index >= 15 is 0 Å². The number of hydrogen-bond donors (Lipinski definition) is 1. The van der Waals surface area contributed by atoms with Crippen LogP contribution in [0, 0.1) is 5.82 Å². The van der Waals surface area contributed by atoms with Gasteiger partial charge in [0.25, 0.3) is 0 Å². The molecule has 3 aromatic carbocycles. The number of nitrogens with one attached hydrogen (secondary N) is 1. The molecule has 0 spiro atoms. The summed E-state index contributed by atoms with van der Waals surface area (Å²) in [5, 5.41) is 2.90. The number of anilines is 1. The number of rotatable bonds is 12. The molecule has 0 saturated heterocycles. The fourth-order valence-electron chi connectivity index (χ4n) is 4.08. The fourth-order valence-corrected chi connectivity index (χ4v) is 5.41. The van der Waals surface area contributed by atoms with E-state index in [4.69, 9.17) is 0 Å². The second kappa shape index (κ2) is 13.9. The summed E-state index contributed by atoms with van der Waals surface area (Å²) in [7, 11) is -1.66. The predicted octanol–water partition coefficient (Wildman–Crippen LogP) is 4.37. The van der Waals surface area contributed by atoms with E-state index in [9.17, 15) is 22.4 Å². The molecule has 0 aliphatic carbocycles. The largest absolute Gasteiger partial charge is 0.352 e. The van der Waals surface area contributed by atoms with Crippen molar-refractivity contribution in [3.63, 3.8) is 0 Å². The average Bonchev–Trinajstić information content (AvgIpc) is 2.90. The Morgan fingerprint density at radius 1 is 0.900 bits per heavy atom. The molecule has 0 fully saturated rings. The summed E-state index contributed by atoms with van der Waals surface area (Å²) in [4.78, 5) is 29.0. The summed E-state index contributed by atoms with van der Waals surface area (Å²) < 4.78 is 44.0. The maximum Gasteiger partial charge on any atom is 0.304 e. The van der Waals surface area contributed by atoms with E-state index in [0.717, 1.165) is 30.3 Å². The van der Waals surface area contributed by atoms with Crippen molar-refractivity contribution < 1.29 is 22.4 Å². The molecule has 3 rings (SSSR count). The van der Waals surface area contributed by atoms with Crippen molar-refractivity contribution in [1.29, 1.82) is 0 Å². The van der Waals surface area contributed by atoms with Crippen LogP contribution in [-0.4, -0.2) is 62.2 Å². The first-order chi connectivity index (χ1) is 18.9. The SMILES string of the molecule is CC(C)NC(=O)[C@@H](Cc1ccccc1)N(Cc1ccc(Br)cc1)C(=O)CN(c1ccccc1F)S(=O)(=O)N(C)C. The average molecular weight is 634 g/mol. The topological polar surface area (TPSA) is 90.0 Å². The highest BCUT2D eigenvalue weighted by Gasteiger charge is 2.35. The Balaban J connectivity index is 2.10. The van der Waals surface area contributed by atoms with Gasteiger partial charge in [-0.25, -0.2) is 8.70 Å². The zero-order valence-electron chi connectivity index (χ0n) is 22.9. The first-order valence-electron chi connectivity index (χ1n) is 12.7. The summed E-state index contributed by atoms with van der Waals surface area (Å²) in [5.74, 6) is -1.83. The molecule has 0 saturated carbocycles. The predicted molar refractivity (Wildman–Crippen MR) is 158 cm³/mol. The van der Waals surface area contributed by atoms with Gasteiger partial charge in [-0.05, 0) is 49.2 Å². The third-order valence-corrected chi connectivity index (χ3v) is 8.44. The molecule has 214 valence electrons. The van der Waals surface area contributed by atoms with Crippen LogP contribution in [-0.2, 0) is 32.8 Å². The highest BCUT2D eigenvalue weighted by molar-refractivity contribution is 9.10. The van der Waals surface area contributed by atoms with Crippen LogP contribution < -0.4 is 9.62 Å². The molecule has 8 nitrogen and oxygen atoms in total. The summed E-state index contributed by atoms with van der Waals surface area (Å²) >= 11 is 3.41. The molecular weight excluding hydrogens is 599 g/mol. The Kier molecular flexibility index (Phi) is 10.8. The lowest BCUT2D eigenvalue weighted by Crippen LogP contribution is -2.55. The summed E-state index contributed by atoms with van der Waals surface area (Å²) in [6, 6.07) is 20.7. The van der Waals surface area contributed by atoms with E-state index in [1.165, 1.54) is 37.2 Å². The van der Waals surface area contributed by atoms with Crippen LogP contribution in [0.25, 0.3) is 0 Å². The van der Waals surface area contributed by atoms with Crippen LogP contribution >= 0.6 is 15.9 Å². The molecule has 0 aromatic heterocycles. The van der Waals surface area contributed by atoms with Crippen molar-refractivity contribution in [2.24, 2.45) is 0 Å². The highest BCUT2D eigenvalue weighted by Crippen LogP contribution is 2.24. The van der Waals surface area contributed by atoms with Crippen LogP contribution in [0.15, 0.2) is 83.3 Å². The van der Waals surface area contributed by atoms with E-state index in [0.29, 0.717) is 0 Å². The van der Waals surface area contributed by atoms with Crippen LogP contribution in [0.2, 0.25) is 0 Å². The van der Waals surface area contributed by atoms with Gasteiger partial charge in [-0.15, -0.1) is 0 Å². The number of carbonyl (C=O) groups is 2. The maximum absolute atomic E-state index is 14.9. The van der Waals surface area contributed by atoms with Crippen LogP contribution in [0.3, 0.4) is 0 Å². The van der Waals surface area contributed by atoms with Gasteiger partial charge in [0.1, 0.15) is 18.4 Å². The molecule has 0 heterocycles. The van der Waals surface area contributed by atoms with Gasteiger partial charge >= 0.3 is 10.2 Å². The maximum atomic E-state index is 14.9. The molecule has 0 bridgehead atoms. The second-order valence-electron chi connectivity index (χ2n) is 9.77. The quantitative estimate of drug-likeness (QED) is 0.321. The van der Waals surface area contributed by atoms with Crippen LogP contribution in [0.4, 0.5) is 10.1 Å². The minimum atomic E-state index is -4.27. The lowest BCUT2D eigenvalue weighted by molar-refractivity contribution is -0.140. The molecule has 1 atom stereocenters. The fraction of sp³-hybridized carbons (Fsp3) is 0.310. The number of carbonyl (C=O) groups excluding carboxylic acids is 2. The zero-order chi connectivity index (χ0) is 29.4. The van der Waals surface area contributed by atoms with Crippen molar-refractivity contribution in [2.75, 3.05) is 24.9 Å². The normalized spacial score (nSPS) is 12.3. The number of nitrogens with zero attached hydrogens (tertiary/aromatic N) is 3. The monoisotopic (exact) mass is 632 g/mol. The number of benzene rings is 3. The molecule has 0 aliphatic heterocycles. The van der Waals surface area contributed by atoms with Crippen molar-refractivity contribution in [3.05, 3.63) is 100 Å². The van der Waals surface area contributed by atoms with Crippen molar-refractivity contribution >= 4 is 43.6 Å². The molecule has 11 heteroatoms. The third kappa shape index (κ3) is 8.12. The molecular formula is C29H34BrFN4O4S. The van der Waals surface area contributed by atoms with Gasteiger partial charge < -0.3 is 10.2 Å². The highest BCUT2D eigenvalue weighted by atomic mass is 79.9. The van der Waals surface area contributed by atoms with E-state index in [2.05, 4.69) is 21.2 Å². The van der Waals surface area contributed by atoms with Crippen molar-refractivity contribution in [1.82, 2.24) is 14.5 Å². The molecule has 40 heavy (non-hydrogen) atoms. The van der Waals surface area contributed by atoms with Gasteiger partial charge in [0.2, 0.25) is 11.8 Å². The molecule has 0 unspecified atom stereocenters. The van der Waals surface area contributed by atoms with Gasteiger partial charge in [0.15, 0.2) is 0 Å². The molecule has 0 radical (unpaired) electrons. The molecule has 3 aromatic rings. The minimum absolute atomic E-state index is 0.0300. The summed E-state index contributed by atoms with van der Waals surface area (Å²) in [5.41, 5.74) is 1.30. The van der Waals surface area contributed by atoms with Crippen LogP contribution in [0.5, 0.6) is 0 Å². The van der Waals surface area contributed by atoms with Crippen molar-refractivity contribution in [3.8, 4) is 0 Å². The molecule has 1 N–H and O–H groups in total. The smallest absolute Gasteiger partial charge is 0.304 e. The van der Waals surface area contributed by atoms with Gasteiger partial charge in [0.05, 0.1) is 5.69 Å². The minimum Gasteiger partial charge on any atom is -0.352 e. The second-order valence-corrected chi connectivity index (χ2v) is 12.7. The number of para-hydroxylation sites is 1. The number of amides is 2. The summed E-state index contributed by atoms with van der Waals surface area (Å²) in [6.07, 6.45) is 0.196. The van der Waals surface area contributed by atoms with E-state index < -0.39 is 34.5 Å². The van der Waals surface area contributed by atoms with Gasteiger partial charge in [-0.1, -0.05) is 70.5 Å². The van der Waals surface area contributed by atoms with E-state index in [1.807, 2.05) is 68.4 Å².